The van der Waals surface area contributed by atoms with Gasteiger partial charge in [0, 0.05) is 17.1 Å². The Hall–Kier alpha value is -1.76. The van der Waals surface area contributed by atoms with Crippen molar-refractivity contribution >= 4 is 28.8 Å². The Morgan fingerprint density at radius 3 is 2.13 bits per heavy atom. The summed E-state index contributed by atoms with van der Waals surface area (Å²) in [7, 11) is 2.37. The summed E-state index contributed by atoms with van der Waals surface area (Å²) in [5, 5.41) is -0.142. The highest BCUT2D eigenvalue weighted by molar-refractivity contribution is 8.14. The molecule has 0 aromatic carbocycles. The first-order valence-corrected chi connectivity index (χ1v) is 7.92. The fourth-order valence-electron chi connectivity index (χ4n) is 2.13. The van der Waals surface area contributed by atoms with Crippen molar-refractivity contribution in [1.82, 2.24) is 0 Å². The van der Waals surface area contributed by atoms with Crippen molar-refractivity contribution in [3.8, 4) is 0 Å². The van der Waals surface area contributed by atoms with Gasteiger partial charge in [-0.2, -0.15) is 0 Å². The van der Waals surface area contributed by atoms with Gasteiger partial charge in [0.05, 0.1) is 20.5 Å². The van der Waals surface area contributed by atoms with Crippen LogP contribution in [0.3, 0.4) is 0 Å². The van der Waals surface area contributed by atoms with Crippen LogP contribution in [0.2, 0.25) is 0 Å². The van der Waals surface area contributed by atoms with Gasteiger partial charge in [0.25, 0.3) is 0 Å². The maximum absolute atomic E-state index is 12.3. The van der Waals surface area contributed by atoms with E-state index in [4.69, 9.17) is 13.9 Å². The van der Waals surface area contributed by atoms with Gasteiger partial charge in [-0.15, -0.1) is 0 Å². The molecule has 23 heavy (non-hydrogen) atoms. The molecule has 128 valence electrons. The van der Waals surface area contributed by atoms with Crippen LogP contribution in [0.15, 0.2) is 22.8 Å². The fourth-order valence-corrected chi connectivity index (χ4v) is 3.07. The molecule has 0 bridgehead atoms. The van der Waals surface area contributed by atoms with Gasteiger partial charge in [-0.05, 0) is 12.1 Å². The summed E-state index contributed by atoms with van der Waals surface area (Å²) < 4.78 is 14.4. The highest BCUT2D eigenvalue weighted by Gasteiger charge is 2.41. The lowest BCUT2D eigenvalue weighted by molar-refractivity contribution is -0.160. The lowest BCUT2D eigenvalue weighted by Gasteiger charge is -2.23. The molecule has 0 amide bonds. The molecule has 0 saturated carbocycles. The van der Waals surface area contributed by atoms with E-state index in [2.05, 4.69) is 0 Å². The van der Waals surface area contributed by atoms with Gasteiger partial charge < -0.3 is 13.9 Å². The van der Waals surface area contributed by atoms with Crippen LogP contribution in [-0.4, -0.2) is 36.0 Å². The second kappa shape index (κ2) is 8.19. The minimum Gasteiger partial charge on any atom is -0.469 e. The summed E-state index contributed by atoms with van der Waals surface area (Å²) >= 11 is 1.15. The zero-order valence-electron chi connectivity index (χ0n) is 14.0. The molecule has 0 fully saturated rings. The number of esters is 2. The number of hydrogen-bond acceptors (Lipinski definition) is 7. The van der Waals surface area contributed by atoms with Crippen LogP contribution in [0.25, 0.3) is 0 Å². The Balaban J connectivity index is 3.11. The van der Waals surface area contributed by atoms with Gasteiger partial charge in [0.1, 0.15) is 5.76 Å². The Kier molecular flexibility index (Phi) is 6.87. The van der Waals surface area contributed by atoms with Crippen LogP contribution in [0, 0.1) is 5.92 Å². The molecular weight excluding hydrogens is 320 g/mol. The summed E-state index contributed by atoms with van der Waals surface area (Å²) in [6.07, 6.45) is 1.39. The third kappa shape index (κ3) is 5.74. The molecule has 6 nitrogen and oxygen atoms in total. The van der Waals surface area contributed by atoms with E-state index in [0.29, 0.717) is 5.76 Å². The Morgan fingerprint density at radius 1 is 1.17 bits per heavy atom. The predicted molar refractivity (Wildman–Crippen MR) is 85.9 cm³/mol. The first-order chi connectivity index (χ1) is 10.7. The smallest absolute Gasteiger partial charge is 0.320 e. The standard InChI is InChI=1S/C16H22O6S/c1-16(2,3)23-12(17)9-10(11-7-6-8-22-11)13(14(18)20-4)15(19)21-5/h6-8,10,13H,9H2,1-5H3/t10-/m0/s1. The first kappa shape index (κ1) is 19.3. The Morgan fingerprint density at radius 2 is 1.74 bits per heavy atom. The molecule has 7 heteroatoms. The monoisotopic (exact) mass is 342 g/mol. The summed E-state index contributed by atoms with van der Waals surface area (Å²) in [4.78, 5) is 36.4. The van der Waals surface area contributed by atoms with Crippen LogP contribution < -0.4 is 0 Å². The lowest BCUT2D eigenvalue weighted by atomic mass is 9.87. The molecule has 0 aliphatic carbocycles. The number of hydrogen-bond donors (Lipinski definition) is 0. The second-order valence-electron chi connectivity index (χ2n) is 5.94. The number of ether oxygens (including phenoxy) is 2. The minimum absolute atomic E-state index is 0.0374. The summed E-state index contributed by atoms with van der Waals surface area (Å²) in [5.74, 6) is -3.17. The molecule has 1 heterocycles. The van der Waals surface area contributed by atoms with Crippen LogP contribution in [0.5, 0.6) is 0 Å². The molecule has 1 aromatic heterocycles. The SMILES string of the molecule is COC(=O)C(C(=O)OC)[C@@H](CC(=O)SC(C)(C)C)c1ccco1. The number of furan rings is 1. The maximum atomic E-state index is 12.3. The van der Waals surface area contributed by atoms with Crippen molar-refractivity contribution in [2.24, 2.45) is 5.92 Å². The van der Waals surface area contributed by atoms with E-state index in [1.165, 1.54) is 20.5 Å². The fraction of sp³-hybridized carbons (Fsp3) is 0.562. The average molecular weight is 342 g/mol. The number of rotatable bonds is 6. The highest BCUT2D eigenvalue weighted by Crippen LogP contribution is 2.35. The predicted octanol–water partition coefficient (Wildman–Crippen LogP) is 2.77. The van der Waals surface area contributed by atoms with E-state index in [0.717, 1.165) is 11.8 Å². The normalized spacial score (nSPS) is 12.8. The minimum atomic E-state index is -1.25. The molecule has 0 radical (unpaired) electrons. The first-order valence-electron chi connectivity index (χ1n) is 7.10. The summed E-state index contributed by atoms with van der Waals surface area (Å²) in [6.45, 7) is 5.74. The summed E-state index contributed by atoms with van der Waals surface area (Å²) in [5.41, 5.74) is 0. The molecule has 0 saturated heterocycles. The Bertz CT molecular complexity index is 527. The lowest BCUT2D eigenvalue weighted by Crippen LogP contribution is -2.33. The topological polar surface area (TPSA) is 82.8 Å². The van der Waals surface area contributed by atoms with Crippen molar-refractivity contribution < 1.29 is 28.3 Å². The zero-order valence-corrected chi connectivity index (χ0v) is 14.8. The van der Waals surface area contributed by atoms with Crippen molar-refractivity contribution in [2.75, 3.05) is 14.2 Å². The van der Waals surface area contributed by atoms with E-state index in [1.807, 2.05) is 20.8 Å². The number of carbonyl (C=O) groups is 3. The van der Waals surface area contributed by atoms with Gasteiger partial charge in [-0.25, -0.2) is 0 Å². The van der Waals surface area contributed by atoms with Crippen molar-refractivity contribution in [3.05, 3.63) is 24.2 Å². The van der Waals surface area contributed by atoms with Crippen molar-refractivity contribution in [1.29, 1.82) is 0 Å². The second-order valence-corrected chi connectivity index (χ2v) is 7.82. The summed E-state index contributed by atoms with van der Waals surface area (Å²) in [6, 6.07) is 3.26. The Labute approximate surface area is 139 Å². The molecule has 1 atom stereocenters. The third-order valence-corrected chi connectivity index (χ3v) is 4.03. The molecule has 0 N–H and O–H groups in total. The number of carbonyl (C=O) groups excluding carboxylic acids is 3. The van der Waals surface area contributed by atoms with Crippen molar-refractivity contribution in [3.63, 3.8) is 0 Å². The number of methoxy groups -OCH3 is 2. The van der Waals surface area contributed by atoms with E-state index in [1.54, 1.807) is 12.1 Å². The van der Waals surface area contributed by atoms with Crippen LogP contribution in [0.4, 0.5) is 0 Å². The molecule has 0 aliphatic rings. The van der Waals surface area contributed by atoms with Crippen LogP contribution in [0.1, 0.15) is 38.9 Å². The van der Waals surface area contributed by atoms with Gasteiger partial charge in [-0.3, -0.25) is 14.4 Å². The maximum Gasteiger partial charge on any atom is 0.320 e. The van der Waals surface area contributed by atoms with Gasteiger partial charge in [0.2, 0.25) is 0 Å². The molecule has 0 aliphatic heterocycles. The van der Waals surface area contributed by atoms with Crippen LogP contribution >= 0.6 is 11.8 Å². The molecular formula is C16H22O6S. The van der Waals surface area contributed by atoms with E-state index >= 15 is 0 Å². The third-order valence-electron chi connectivity index (χ3n) is 3.03. The average Bonchev–Trinajstić information content (AvgIpc) is 2.97. The van der Waals surface area contributed by atoms with E-state index < -0.39 is 23.8 Å². The van der Waals surface area contributed by atoms with Gasteiger partial charge in [0.15, 0.2) is 11.0 Å². The van der Waals surface area contributed by atoms with E-state index in [9.17, 15) is 14.4 Å². The van der Waals surface area contributed by atoms with Crippen molar-refractivity contribution in [2.45, 2.75) is 37.9 Å². The zero-order chi connectivity index (χ0) is 17.6. The molecule has 1 rings (SSSR count). The largest absolute Gasteiger partial charge is 0.469 e. The molecule has 1 aromatic rings. The van der Waals surface area contributed by atoms with Crippen LogP contribution in [-0.2, 0) is 23.9 Å². The highest BCUT2D eigenvalue weighted by atomic mass is 32.2. The van der Waals surface area contributed by atoms with Gasteiger partial charge in [-0.1, -0.05) is 32.5 Å². The number of thioether (sulfide) groups is 1. The van der Waals surface area contributed by atoms with E-state index in [-0.39, 0.29) is 16.3 Å². The molecule has 0 unspecified atom stereocenters. The van der Waals surface area contributed by atoms with Gasteiger partial charge >= 0.3 is 11.9 Å². The quantitative estimate of drug-likeness (QED) is 0.580. The molecule has 0 spiro atoms.